The number of nitrogens with zero attached hydrogens (tertiary/aromatic N) is 1. The average Bonchev–Trinajstić information content (AvgIpc) is 3.03. The van der Waals surface area contributed by atoms with Crippen LogP contribution in [-0.2, 0) is 17.8 Å². The molecule has 2 aromatic carbocycles. The van der Waals surface area contributed by atoms with Crippen LogP contribution in [0.1, 0.15) is 21.5 Å². The predicted octanol–water partition coefficient (Wildman–Crippen LogP) is 1.51. The van der Waals surface area contributed by atoms with Crippen LogP contribution in [-0.4, -0.2) is 32.0 Å². The van der Waals surface area contributed by atoms with Gasteiger partial charge in [0.1, 0.15) is 0 Å². The molecular weight excluding hydrogens is 316 g/mol. The Labute approximate surface area is 147 Å². The summed E-state index contributed by atoms with van der Waals surface area (Å²) in [6.45, 7) is 1.52. The van der Waals surface area contributed by atoms with Crippen molar-refractivity contribution in [1.82, 2.24) is 5.32 Å². The van der Waals surface area contributed by atoms with Gasteiger partial charge in [-0.3, -0.25) is 9.59 Å². The van der Waals surface area contributed by atoms with Gasteiger partial charge in [0.25, 0.3) is 5.91 Å². The number of hydrogen-bond donors (Lipinski definition) is 3. The Bertz CT molecular complexity index is 804. The van der Waals surface area contributed by atoms with E-state index in [1.165, 1.54) is 5.56 Å². The van der Waals surface area contributed by atoms with Gasteiger partial charge in [0, 0.05) is 37.1 Å². The molecule has 4 N–H and O–H groups in total. The van der Waals surface area contributed by atoms with Crippen molar-refractivity contribution >= 4 is 23.2 Å². The molecule has 0 saturated heterocycles. The molecule has 25 heavy (non-hydrogen) atoms. The minimum Gasteiger partial charge on any atom is -0.362 e. The zero-order valence-corrected chi connectivity index (χ0v) is 14.2. The van der Waals surface area contributed by atoms with Gasteiger partial charge >= 0.3 is 0 Å². The van der Waals surface area contributed by atoms with Crippen LogP contribution in [0.2, 0.25) is 0 Å². The molecule has 0 radical (unpaired) electrons. The van der Waals surface area contributed by atoms with Gasteiger partial charge in [-0.15, -0.1) is 0 Å². The number of carbonyl (C=O) groups is 2. The zero-order valence-electron chi connectivity index (χ0n) is 14.2. The highest BCUT2D eigenvalue weighted by atomic mass is 16.2. The number of amides is 2. The first kappa shape index (κ1) is 17.0. The monoisotopic (exact) mass is 338 g/mol. The normalized spacial score (nSPS) is 12.6. The van der Waals surface area contributed by atoms with E-state index in [0.29, 0.717) is 24.3 Å². The molecule has 1 aliphatic heterocycles. The zero-order chi connectivity index (χ0) is 17.8. The molecule has 0 aromatic heterocycles. The van der Waals surface area contributed by atoms with E-state index < -0.39 is 0 Å². The topological polar surface area (TPSA) is 87.5 Å². The first-order valence-electron chi connectivity index (χ1n) is 8.29. The minimum absolute atomic E-state index is 0.0270. The standard InChI is InChI=1S/C19H22N4O2/c1-21-18(24)12-23-8-7-14-5-6-16(10-17(14)23)22-19(25)15-4-2-3-13(9-15)11-20/h2-6,9-10H,7-8,11-12,20H2,1H3,(H,21,24)(H,22,25). The molecule has 2 amide bonds. The lowest BCUT2D eigenvalue weighted by Crippen LogP contribution is -2.34. The van der Waals surface area contributed by atoms with Crippen LogP contribution >= 0.6 is 0 Å². The first-order valence-corrected chi connectivity index (χ1v) is 8.29. The third kappa shape index (κ3) is 3.80. The lowest BCUT2D eigenvalue weighted by Gasteiger charge is -2.19. The fourth-order valence-electron chi connectivity index (χ4n) is 2.98. The fourth-order valence-corrected chi connectivity index (χ4v) is 2.98. The summed E-state index contributed by atoms with van der Waals surface area (Å²) >= 11 is 0. The summed E-state index contributed by atoms with van der Waals surface area (Å²) < 4.78 is 0. The highest BCUT2D eigenvalue weighted by molar-refractivity contribution is 6.04. The summed E-state index contributed by atoms with van der Waals surface area (Å²) in [4.78, 5) is 26.1. The second-order valence-corrected chi connectivity index (χ2v) is 6.05. The Kier molecular flexibility index (Phi) is 5.00. The van der Waals surface area contributed by atoms with Crippen LogP contribution in [0.3, 0.4) is 0 Å². The molecule has 1 aliphatic rings. The number of likely N-dealkylation sites (N-methyl/N-ethyl adjacent to an activating group) is 1. The highest BCUT2D eigenvalue weighted by Gasteiger charge is 2.21. The molecule has 6 heteroatoms. The van der Waals surface area contributed by atoms with E-state index in [2.05, 4.69) is 10.6 Å². The van der Waals surface area contributed by atoms with Crippen molar-refractivity contribution in [3.05, 3.63) is 59.2 Å². The average molecular weight is 338 g/mol. The number of nitrogens with one attached hydrogen (secondary N) is 2. The van der Waals surface area contributed by atoms with Crippen molar-refractivity contribution in [2.75, 3.05) is 30.4 Å². The molecule has 0 saturated carbocycles. The van der Waals surface area contributed by atoms with Gasteiger partial charge in [0.15, 0.2) is 0 Å². The number of rotatable bonds is 5. The number of carbonyl (C=O) groups excluding carboxylic acids is 2. The van der Waals surface area contributed by atoms with E-state index in [-0.39, 0.29) is 11.8 Å². The molecule has 0 aliphatic carbocycles. The maximum atomic E-state index is 12.5. The molecular formula is C19H22N4O2. The number of fused-ring (bicyclic) bond motifs is 1. The van der Waals surface area contributed by atoms with E-state index in [1.54, 1.807) is 19.2 Å². The molecule has 0 fully saturated rings. The van der Waals surface area contributed by atoms with Crippen LogP contribution in [0.5, 0.6) is 0 Å². The van der Waals surface area contributed by atoms with E-state index >= 15 is 0 Å². The summed E-state index contributed by atoms with van der Waals surface area (Å²) in [7, 11) is 1.63. The van der Waals surface area contributed by atoms with Crippen LogP contribution < -0.4 is 21.3 Å². The van der Waals surface area contributed by atoms with Gasteiger partial charge in [-0.2, -0.15) is 0 Å². The van der Waals surface area contributed by atoms with Gasteiger partial charge in [0.2, 0.25) is 5.91 Å². The Hall–Kier alpha value is -2.86. The smallest absolute Gasteiger partial charge is 0.255 e. The van der Waals surface area contributed by atoms with E-state index in [1.807, 2.05) is 35.2 Å². The quantitative estimate of drug-likeness (QED) is 0.771. The predicted molar refractivity (Wildman–Crippen MR) is 98.7 cm³/mol. The Morgan fingerprint density at radius 3 is 2.80 bits per heavy atom. The third-order valence-corrected chi connectivity index (χ3v) is 4.37. The fraction of sp³-hybridized carbons (Fsp3) is 0.263. The largest absolute Gasteiger partial charge is 0.362 e. The van der Waals surface area contributed by atoms with Crippen molar-refractivity contribution in [3.8, 4) is 0 Å². The van der Waals surface area contributed by atoms with Crippen molar-refractivity contribution in [3.63, 3.8) is 0 Å². The second kappa shape index (κ2) is 7.36. The molecule has 130 valence electrons. The number of benzene rings is 2. The summed E-state index contributed by atoms with van der Waals surface area (Å²) in [6, 6.07) is 13.1. The third-order valence-electron chi connectivity index (χ3n) is 4.37. The molecule has 3 rings (SSSR count). The molecule has 0 spiro atoms. The Balaban J connectivity index is 1.76. The summed E-state index contributed by atoms with van der Waals surface area (Å²) in [6.07, 6.45) is 0.902. The van der Waals surface area contributed by atoms with E-state index in [9.17, 15) is 9.59 Å². The molecule has 0 bridgehead atoms. The van der Waals surface area contributed by atoms with Crippen LogP contribution in [0, 0.1) is 0 Å². The van der Waals surface area contributed by atoms with E-state index in [4.69, 9.17) is 5.73 Å². The summed E-state index contributed by atoms with van der Waals surface area (Å²) in [5.41, 5.74) is 10.0. The maximum Gasteiger partial charge on any atom is 0.255 e. The Morgan fingerprint density at radius 1 is 1.20 bits per heavy atom. The second-order valence-electron chi connectivity index (χ2n) is 6.05. The lowest BCUT2D eigenvalue weighted by atomic mass is 10.1. The molecule has 0 atom stereocenters. The molecule has 0 unspecified atom stereocenters. The Morgan fingerprint density at radius 2 is 2.04 bits per heavy atom. The number of hydrogen-bond acceptors (Lipinski definition) is 4. The first-order chi connectivity index (χ1) is 12.1. The van der Waals surface area contributed by atoms with Gasteiger partial charge in [-0.05, 0) is 41.8 Å². The summed E-state index contributed by atoms with van der Waals surface area (Å²) in [5.74, 6) is -0.202. The molecule has 2 aromatic rings. The van der Waals surface area contributed by atoms with E-state index in [0.717, 1.165) is 24.2 Å². The van der Waals surface area contributed by atoms with Crippen molar-refractivity contribution in [2.45, 2.75) is 13.0 Å². The SMILES string of the molecule is CNC(=O)CN1CCc2ccc(NC(=O)c3cccc(CN)c3)cc21. The van der Waals surface area contributed by atoms with Crippen molar-refractivity contribution in [2.24, 2.45) is 5.73 Å². The highest BCUT2D eigenvalue weighted by Crippen LogP contribution is 2.30. The number of anilines is 2. The molecule has 1 heterocycles. The maximum absolute atomic E-state index is 12.5. The molecule has 6 nitrogen and oxygen atoms in total. The lowest BCUT2D eigenvalue weighted by molar-refractivity contribution is -0.119. The van der Waals surface area contributed by atoms with Crippen molar-refractivity contribution in [1.29, 1.82) is 0 Å². The van der Waals surface area contributed by atoms with Gasteiger partial charge < -0.3 is 21.3 Å². The summed E-state index contributed by atoms with van der Waals surface area (Å²) in [5, 5.41) is 5.56. The van der Waals surface area contributed by atoms with Crippen LogP contribution in [0.25, 0.3) is 0 Å². The van der Waals surface area contributed by atoms with Crippen LogP contribution in [0.4, 0.5) is 11.4 Å². The minimum atomic E-state index is -0.175. The van der Waals surface area contributed by atoms with Gasteiger partial charge in [-0.1, -0.05) is 18.2 Å². The van der Waals surface area contributed by atoms with Crippen molar-refractivity contribution < 1.29 is 9.59 Å². The van der Waals surface area contributed by atoms with Crippen LogP contribution in [0.15, 0.2) is 42.5 Å². The number of nitrogens with two attached hydrogens (primary N) is 1. The van der Waals surface area contributed by atoms with Gasteiger partial charge in [0.05, 0.1) is 6.54 Å². The van der Waals surface area contributed by atoms with Gasteiger partial charge in [-0.25, -0.2) is 0 Å².